The molecule has 4 heterocycles. The molecule has 0 spiro atoms. The molecule has 5 rings (SSSR count). The number of rotatable bonds is 3. The van der Waals surface area contributed by atoms with Gasteiger partial charge in [-0.05, 0) is 24.3 Å². The molecule has 4 aromatic rings. The number of hydrogen-bond acceptors (Lipinski definition) is 7. The van der Waals surface area contributed by atoms with E-state index in [1.54, 1.807) is 43.7 Å². The van der Waals surface area contributed by atoms with Crippen LogP contribution in [0.25, 0.3) is 16.9 Å². The Balaban J connectivity index is 1.41. The van der Waals surface area contributed by atoms with Crippen molar-refractivity contribution < 1.29 is 14.3 Å². The molecule has 0 radical (unpaired) electrons. The second-order valence-electron chi connectivity index (χ2n) is 6.92. The lowest BCUT2D eigenvalue weighted by Crippen LogP contribution is -2.49. The fourth-order valence-electron chi connectivity index (χ4n) is 3.35. The molecular weight excluding hydrogens is 398 g/mol. The molecular formula is C21H17N7O3. The summed E-state index contributed by atoms with van der Waals surface area (Å²) in [5.41, 5.74) is 1.08. The summed E-state index contributed by atoms with van der Waals surface area (Å²) in [6, 6.07) is 11.7. The normalized spacial score (nSPS) is 15.8. The van der Waals surface area contributed by atoms with Crippen LogP contribution in [0.5, 0.6) is 5.75 Å². The molecule has 3 aromatic heterocycles. The first-order valence-corrected chi connectivity index (χ1v) is 9.54. The van der Waals surface area contributed by atoms with Gasteiger partial charge in [-0.3, -0.25) is 9.59 Å². The van der Waals surface area contributed by atoms with Gasteiger partial charge in [0.15, 0.2) is 11.5 Å². The number of likely N-dealkylation sites (N-methyl/N-ethyl adjacent to an activating group) is 1. The average Bonchev–Trinajstić information content (AvgIpc) is 3.20. The number of hydrogen-bond donors (Lipinski definition) is 1. The van der Waals surface area contributed by atoms with E-state index < -0.39 is 11.9 Å². The maximum Gasteiger partial charge on any atom is 0.289 e. The van der Waals surface area contributed by atoms with Crippen molar-refractivity contribution in [3.05, 3.63) is 66.9 Å². The lowest BCUT2D eigenvalue weighted by molar-refractivity contribution is -0.120. The van der Waals surface area contributed by atoms with Gasteiger partial charge in [0.25, 0.3) is 11.8 Å². The van der Waals surface area contributed by atoms with Crippen LogP contribution >= 0.6 is 0 Å². The predicted molar refractivity (Wildman–Crippen MR) is 111 cm³/mol. The maximum absolute atomic E-state index is 12.9. The second-order valence-corrected chi connectivity index (χ2v) is 6.92. The predicted octanol–water partition coefficient (Wildman–Crippen LogP) is 1.36. The molecule has 1 aromatic carbocycles. The average molecular weight is 415 g/mol. The van der Waals surface area contributed by atoms with E-state index in [4.69, 9.17) is 4.74 Å². The molecule has 0 bridgehead atoms. The number of benzene rings is 1. The number of ether oxygens (including phenoxy) is 1. The van der Waals surface area contributed by atoms with Gasteiger partial charge in [-0.2, -0.15) is 9.78 Å². The number of pyridine rings is 1. The van der Waals surface area contributed by atoms with Crippen molar-refractivity contribution in [2.75, 3.05) is 18.6 Å². The number of fused-ring (bicyclic) bond motifs is 2. The van der Waals surface area contributed by atoms with Crippen molar-refractivity contribution in [3.63, 3.8) is 0 Å². The van der Waals surface area contributed by atoms with Gasteiger partial charge in [0, 0.05) is 19.4 Å². The van der Waals surface area contributed by atoms with Gasteiger partial charge in [0.05, 0.1) is 17.3 Å². The zero-order chi connectivity index (χ0) is 21.4. The highest BCUT2D eigenvalue weighted by Gasteiger charge is 2.31. The zero-order valence-electron chi connectivity index (χ0n) is 16.5. The van der Waals surface area contributed by atoms with Gasteiger partial charge in [-0.25, -0.2) is 15.0 Å². The number of para-hydroxylation sites is 2. The second kappa shape index (κ2) is 7.48. The van der Waals surface area contributed by atoms with Crippen molar-refractivity contribution >= 4 is 28.5 Å². The summed E-state index contributed by atoms with van der Waals surface area (Å²) < 4.78 is 7.26. The smallest absolute Gasteiger partial charge is 0.289 e. The molecule has 0 saturated carbocycles. The van der Waals surface area contributed by atoms with E-state index in [1.165, 1.54) is 15.8 Å². The summed E-state index contributed by atoms with van der Waals surface area (Å²) in [5.74, 6) is 0.179. The number of anilines is 1. The van der Waals surface area contributed by atoms with E-state index in [9.17, 15) is 9.59 Å². The first kappa shape index (κ1) is 18.7. The molecule has 154 valence electrons. The van der Waals surface area contributed by atoms with Gasteiger partial charge in [-0.15, -0.1) is 0 Å². The van der Waals surface area contributed by atoms with Crippen LogP contribution in [0.3, 0.4) is 0 Å². The molecule has 0 unspecified atom stereocenters. The quantitative estimate of drug-likeness (QED) is 0.537. The van der Waals surface area contributed by atoms with Crippen LogP contribution in [0, 0.1) is 0 Å². The molecule has 0 fully saturated rings. The van der Waals surface area contributed by atoms with Crippen molar-refractivity contribution in [2.24, 2.45) is 0 Å². The lowest BCUT2D eigenvalue weighted by atomic mass is 10.2. The zero-order valence-corrected chi connectivity index (χ0v) is 16.5. The highest BCUT2D eigenvalue weighted by Crippen LogP contribution is 2.29. The number of nitrogens with zero attached hydrogens (tertiary/aromatic N) is 6. The van der Waals surface area contributed by atoms with Crippen LogP contribution in [0.2, 0.25) is 0 Å². The van der Waals surface area contributed by atoms with Gasteiger partial charge in [0.2, 0.25) is 5.82 Å². The number of carbonyl (C=O) groups excluding carboxylic acids is 2. The van der Waals surface area contributed by atoms with Gasteiger partial charge >= 0.3 is 0 Å². The third-order valence-electron chi connectivity index (χ3n) is 4.94. The molecule has 10 heteroatoms. The molecule has 10 nitrogen and oxygen atoms in total. The topological polar surface area (TPSA) is 115 Å². The maximum atomic E-state index is 12.9. The van der Waals surface area contributed by atoms with E-state index >= 15 is 0 Å². The minimum absolute atomic E-state index is 0.0000385. The summed E-state index contributed by atoms with van der Waals surface area (Å²) in [6.45, 7) is 0.0000385. The molecule has 0 aliphatic carbocycles. The monoisotopic (exact) mass is 415 g/mol. The van der Waals surface area contributed by atoms with E-state index in [2.05, 4.69) is 25.4 Å². The number of carbonyl (C=O) groups is 2. The molecule has 1 aliphatic heterocycles. The summed E-state index contributed by atoms with van der Waals surface area (Å²) in [7, 11) is 1.64. The highest BCUT2D eigenvalue weighted by atomic mass is 16.5. The first-order valence-electron chi connectivity index (χ1n) is 9.54. The van der Waals surface area contributed by atoms with E-state index in [0.29, 0.717) is 28.3 Å². The van der Waals surface area contributed by atoms with Crippen LogP contribution < -0.4 is 15.0 Å². The van der Waals surface area contributed by atoms with Crippen LogP contribution in [0.4, 0.5) is 5.69 Å². The summed E-state index contributed by atoms with van der Waals surface area (Å²) in [5, 5.41) is 7.62. The Hall–Kier alpha value is -4.34. The summed E-state index contributed by atoms with van der Waals surface area (Å²) in [4.78, 5) is 39.9. The van der Waals surface area contributed by atoms with Crippen molar-refractivity contribution in [1.29, 1.82) is 0 Å². The SMILES string of the molecule is CN1C(=O)[C@@H](NC(=O)c2ncc3cnn(-c4ccccn4)c3n2)COc2ccccc21. The Bertz CT molecular complexity index is 1290. The minimum Gasteiger partial charge on any atom is -0.489 e. The van der Waals surface area contributed by atoms with Crippen LogP contribution in [-0.4, -0.2) is 56.2 Å². The third kappa shape index (κ3) is 3.33. The number of aromatic nitrogens is 5. The molecule has 1 aliphatic rings. The Morgan fingerprint density at radius 2 is 1.97 bits per heavy atom. The lowest BCUT2D eigenvalue weighted by Gasteiger charge is -2.20. The van der Waals surface area contributed by atoms with Gasteiger partial charge < -0.3 is 15.0 Å². The van der Waals surface area contributed by atoms with E-state index in [-0.39, 0.29) is 18.3 Å². The van der Waals surface area contributed by atoms with E-state index in [1.807, 2.05) is 18.2 Å². The Kier molecular flexibility index (Phi) is 4.51. The Morgan fingerprint density at radius 3 is 2.81 bits per heavy atom. The number of amides is 2. The fourth-order valence-corrected chi connectivity index (χ4v) is 3.35. The standard InChI is InChI=1S/C21H17N7O3/c1-27-15-6-2-3-7-16(15)31-12-14(21(27)30)25-20(29)18-23-10-13-11-24-28(19(13)26-18)17-8-4-5-9-22-17/h2-11,14H,12H2,1H3,(H,25,29)/t14-/m0/s1. The van der Waals surface area contributed by atoms with Gasteiger partial charge in [-0.1, -0.05) is 18.2 Å². The third-order valence-corrected chi connectivity index (χ3v) is 4.94. The van der Waals surface area contributed by atoms with E-state index in [0.717, 1.165) is 0 Å². The molecule has 0 saturated heterocycles. The fraction of sp³-hybridized carbons (Fsp3) is 0.143. The van der Waals surface area contributed by atoms with Gasteiger partial charge in [0.1, 0.15) is 18.4 Å². The van der Waals surface area contributed by atoms with Crippen LogP contribution in [0.15, 0.2) is 61.1 Å². The first-order chi connectivity index (χ1) is 15.1. The van der Waals surface area contributed by atoms with Crippen molar-refractivity contribution in [3.8, 4) is 11.6 Å². The minimum atomic E-state index is -0.884. The molecule has 1 N–H and O–H groups in total. The summed E-state index contributed by atoms with van der Waals surface area (Å²) >= 11 is 0. The van der Waals surface area contributed by atoms with Crippen LogP contribution in [0.1, 0.15) is 10.6 Å². The highest BCUT2D eigenvalue weighted by molar-refractivity contribution is 6.02. The van der Waals surface area contributed by atoms with Crippen LogP contribution in [-0.2, 0) is 4.79 Å². The van der Waals surface area contributed by atoms with Crippen molar-refractivity contribution in [2.45, 2.75) is 6.04 Å². The van der Waals surface area contributed by atoms with Crippen molar-refractivity contribution in [1.82, 2.24) is 30.0 Å². The largest absolute Gasteiger partial charge is 0.489 e. The molecule has 2 amide bonds. The molecule has 1 atom stereocenters. The number of nitrogens with one attached hydrogen (secondary N) is 1. The summed E-state index contributed by atoms with van der Waals surface area (Å²) in [6.07, 6.45) is 4.75. The Labute approximate surface area is 176 Å². The molecule has 31 heavy (non-hydrogen) atoms. The Morgan fingerprint density at radius 1 is 1.13 bits per heavy atom.